The molecule has 0 unspecified atom stereocenters. The molecule has 0 fully saturated rings. The number of anilines is 2. The Morgan fingerprint density at radius 3 is 1.31 bits per heavy atom. The second-order valence-corrected chi connectivity index (χ2v) is 8.01. The number of hydrogen-bond acceptors (Lipinski definition) is 4. The number of rotatable bonds is 7. The highest BCUT2D eigenvalue weighted by atomic mass is 16.5. The van der Waals surface area contributed by atoms with Gasteiger partial charge in [0.15, 0.2) is 0 Å². The Morgan fingerprint density at radius 2 is 0.969 bits per heavy atom. The maximum atomic E-state index is 5.99. The molecular weight excluding hydrogens is 396 g/mol. The smallest absolute Gasteiger partial charge is 0.150 e. The first-order chi connectivity index (χ1) is 15.5. The summed E-state index contributed by atoms with van der Waals surface area (Å²) < 4.78 is 11.9. The molecule has 0 saturated heterocycles. The molecule has 4 heteroatoms. The van der Waals surface area contributed by atoms with E-state index in [9.17, 15) is 0 Å². The number of ether oxygens (including phenoxy) is 2. The Balaban J connectivity index is 1.54. The van der Waals surface area contributed by atoms with Crippen molar-refractivity contribution in [2.24, 2.45) is 0 Å². The lowest BCUT2D eigenvalue weighted by Gasteiger charge is -2.30. The van der Waals surface area contributed by atoms with Gasteiger partial charge in [-0.25, -0.2) is 0 Å². The summed E-state index contributed by atoms with van der Waals surface area (Å²) in [4.78, 5) is 0. The van der Waals surface area contributed by atoms with Gasteiger partial charge in [0.25, 0.3) is 0 Å². The van der Waals surface area contributed by atoms with Crippen LogP contribution in [-0.4, -0.2) is 0 Å². The van der Waals surface area contributed by atoms with Crippen molar-refractivity contribution in [3.63, 3.8) is 0 Å². The molecule has 0 bridgehead atoms. The molecular formula is C28H28N2O2. The highest BCUT2D eigenvalue weighted by Crippen LogP contribution is 2.38. The number of nitrogens with two attached hydrogens (primary N) is 2. The van der Waals surface area contributed by atoms with Crippen LogP contribution in [0.15, 0.2) is 97.1 Å². The van der Waals surface area contributed by atoms with Crippen LogP contribution in [0.2, 0.25) is 0 Å². The number of nitrogen functional groups attached to an aromatic ring is 2. The first kappa shape index (κ1) is 21.3. The Bertz CT molecular complexity index is 1090. The summed E-state index contributed by atoms with van der Waals surface area (Å²) in [5, 5.41) is 0. The molecule has 0 atom stereocenters. The van der Waals surface area contributed by atoms with E-state index >= 15 is 0 Å². The summed E-state index contributed by atoms with van der Waals surface area (Å²) in [7, 11) is 0. The van der Waals surface area contributed by atoms with Crippen molar-refractivity contribution >= 4 is 11.4 Å². The average Bonchev–Trinajstić information content (AvgIpc) is 2.82. The number of benzene rings is 4. The number of para-hydroxylation sites is 4. The first-order valence-corrected chi connectivity index (χ1v) is 10.8. The third kappa shape index (κ3) is 4.40. The highest BCUT2D eigenvalue weighted by Gasteiger charge is 2.27. The maximum absolute atomic E-state index is 5.99. The zero-order valence-electron chi connectivity index (χ0n) is 18.4. The zero-order valence-corrected chi connectivity index (χ0v) is 18.4. The first-order valence-electron chi connectivity index (χ1n) is 10.8. The molecule has 4 N–H and O–H groups in total. The third-order valence-corrected chi connectivity index (χ3v) is 5.98. The van der Waals surface area contributed by atoms with Gasteiger partial charge in [0, 0.05) is 5.41 Å². The molecule has 0 spiro atoms. The molecule has 4 nitrogen and oxygen atoms in total. The van der Waals surface area contributed by atoms with Gasteiger partial charge in [-0.15, -0.1) is 0 Å². The van der Waals surface area contributed by atoms with E-state index in [1.54, 1.807) is 0 Å². The van der Waals surface area contributed by atoms with E-state index in [0.717, 1.165) is 17.9 Å². The minimum atomic E-state index is -0.144. The SMILES string of the molecule is CCC(C)(c1ccc(Oc2ccccc2N)cc1)c1ccc(Oc2ccccc2N)cc1. The van der Waals surface area contributed by atoms with Crippen LogP contribution in [0.1, 0.15) is 31.4 Å². The minimum Gasteiger partial charge on any atom is -0.455 e. The molecule has 0 heterocycles. The molecule has 32 heavy (non-hydrogen) atoms. The molecule has 162 valence electrons. The topological polar surface area (TPSA) is 70.5 Å². The quantitative estimate of drug-likeness (QED) is 0.309. The minimum absolute atomic E-state index is 0.144. The second kappa shape index (κ2) is 9.06. The molecule has 0 amide bonds. The van der Waals surface area contributed by atoms with Gasteiger partial charge in [-0.2, -0.15) is 0 Å². The van der Waals surface area contributed by atoms with E-state index in [-0.39, 0.29) is 5.41 Å². The summed E-state index contributed by atoms with van der Waals surface area (Å²) >= 11 is 0. The van der Waals surface area contributed by atoms with Gasteiger partial charge in [-0.3, -0.25) is 0 Å². The largest absolute Gasteiger partial charge is 0.455 e. The highest BCUT2D eigenvalue weighted by molar-refractivity contribution is 5.55. The maximum Gasteiger partial charge on any atom is 0.150 e. The predicted molar refractivity (Wildman–Crippen MR) is 131 cm³/mol. The van der Waals surface area contributed by atoms with Gasteiger partial charge in [0.05, 0.1) is 11.4 Å². The standard InChI is InChI=1S/C28H28N2O2/c1-3-28(2,20-12-16-22(17-13-20)31-26-10-6-4-8-24(26)29)21-14-18-23(19-15-21)32-27-11-7-5-9-25(27)30/h4-19H,3,29-30H2,1-2H3. The molecule has 4 rings (SSSR count). The molecule has 0 radical (unpaired) electrons. The normalized spacial score (nSPS) is 11.2. The second-order valence-electron chi connectivity index (χ2n) is 8.01. The lowest BCUT2D eigenvalue weighted by molar-refractivity contribution is 0.481. The van der Waals surface area contributed by atoms with Crippen LogP contribution in [0.25, 0.3) is 0 Å². The Morgan fingerprint density at radius 1 is 0.594 bits per heavy atom. The van der Waals surface area contributed by atoms with E-state index < -0.39 is 0 Å². The monoisotopic (exact) mass is 424 g/mol. The van der Waals surface area contributed by atoms with Crippen molar-refractivity contribution in [2.45, 2.75) is 25.7 Å². The van der Waals surface area contributed by atoms with Crippen LogP contribution >= 0.6 is 0 Å². The van der Waals surface area contributed by atoms with Crippen molar-refractivity contribution in [1.82, 2.24) is 0 Å². The molecule has 0 aliphatic heterocycles. The van der Waals surface area contributed by atoms with E-state index in [0.29, 0.717) is 22.9 Å². The third-order valence-electron chi connectivity index (χ3n) is 5.98. The van der Waals surface area contributed by atoms with Crippen LogP contribution < -0.4 is 20.9 Å². The van der Waals surface area contributed by atoms with E-state index in [2.05, 4.69) is 38.1 Å². The van der Waals surface area contributed by atoms with Gasteiger partial charge in [0.2, 0.25) is 0 Å². The molecule has 4 aromatic carbocycles. The summed E-state index contributed by atoms with van der Waals surface area (Å²) in [5.41, 5.74) is 15.5. The van der Waals surface area contributed by atoms with Crippen molar-refractivity contribution in [3.8, 4) is 23.0 Å². The van der Waals surface area contributed by atoms with Crippen LogP contribution in [-0.2, 0) is 5.41 Å². The van der Waals surface area contributed by atoms with Crippen LogP contribution in [0.5, 0.6) is 23.0 Å². The molecule has 0 saturated carbocycles. The summed E-state index contributed by atoms with van der Waals surface area (Å²) in [6.07, 6.45) is 0.949. The molecule has 0 aromatic heterocycles. The summed E-state index contributed by atoms with van der Waals surface area (Å²) in [6.45, 7) is 4.45. The van der Waals surface area contributed by atoms with Crippen molar-refractivity contribution < 1.29 is 9.47 Å². The lowest BCUT2D eigenvalue weighted by atomic mass is 9.74. The number of hydrogen-bond donors (Lipinski definition) is 2. The Labute approximate surface area is 189 Å². The summed E-state index contributed by atoms with van der Waals surface area (Å²) in [5.74, 6) is 2.84. The van der Waals surface area contributed by atoms with E-state index in [1.165, 1.54) is 11.1 Å². The summed E-state index contributed by atoms with van der Waals surface area (Å²) in [6, 6.07) is 31.4. The van der Waals surface area contributed by atoms with Crippen molar-refractivity contribution in [2.75, 3.05) is 11.5 Å². The molecule has 0 aliphatic rings. The fourth-order valence-electron chi connectivity index (χ4n) is 3.76. The van der Waals surface area contributed by atoms with Crippen molar-refractivity contribution in [3.05, 3.63) is 108 Å². The van der Waals surface area contributed by atoms with E-state index in [1.807, 2.05) is 72.8 Å². The zero-order chi connectivity index (χ0) is 22.6. The predicted octanol–water partition coefficient (Wildman–Crippen LogP) is 7.15. The van der Waals surface area contributed by atoms with Crippen LogP contribution in [0, 0.1) is 0 Å². The average molecular weight is 425 g/mol. The molecule has 0 aliphatic carbocycles. The van der Waals surface area contributed by atoms with Gasteiger partial charge in [0.1, 0.15) is 23.0 Å². The van der Waals surface area contributed by atoms with Gasteiger partial charge < -0.3 is 20.9 Å². The van der Waals surface area contributed by atoms with E-state index in [4.69, 9.17) is 20.9 Å². The van der Waals surface area contributed by atoms with Gasteiger partial charge in [-0.05, 0) is 66.1 Å². The Kier molecular flexibility index (Phi) is 6.04. The van der Waals surface area contributed by atoms with Crippen LogP contribution in [0.4, 0.5) is 11.4 Å². The Hall–Kier alpha value is -3.92. The fourth-order valence-corrected chi connectivity index (χ4v) is 3.76. The van der Waals surface area contributed by atoms with Gasteiger partial charge >= 0.3 is 0 Å². The van der Waals surface area contributed by atoms with Gasteiger partial charge in [-0.1, -0.05) is 62.4 Å². The molecule has 4 aromatic rings. The fraction of sp³-hybridized carbons (Fsp3) is 0.143. The van der Waals surface area contributed by atoms with Crippen LogP contribution in [0.3, 0.4) is 0 Å². The van der Waals surface area contributed by atoms with Crippen molar-refractivity contribution in [1.29, 1.82) is 0 Å². The lowest BCUT2D eigenvalue weighted by Crippen LogP contribution is -2.22.